The Morgan fingerprint density at radius 1 is 1.19 bits per heavy atom. The second kappa shape index (κ2) is 7.70. The fraction of sp³-hybridized carbons (Fsp3) is 0.300. The van der Waals surface area contributed by atoms with Gasteiger partial charge in [-0.05, 0) is 41.1 Å². The molecule has 5 nitrogen and oxygen atoms in total. The molecule has 2 aromatic heterocycles. The van der Waals surface area contributed by atoms with Crippen molar-refractivity contribution in [1.29, 1.82) is 0 Å². The summed E-state index contributed by atoms with van der Waals surface area (Å²) in [6, 6.07) is 8.06. The van der Waals surface area contributed by atoms with E-state index < -0.39 is 0 Å². The molecular weight excluding hydrogens is 380 g/mol. The normalized spacial score (nSPS) is 13.3. The number of carbonyl (C=O) groups excluding carboxylic acids is 1. The number of ether oxygens (including phenoxy) is 2. The molecule has 0 unspecified atom stereocenters. The van der Waals surface area contributed by atoms with Crippen molar-refractivity contribution in [3.05, 3.63) is 51.8 Å². The van der Waals surface area contributed by atoms with Crippen molar-refractivity contribution in [3.8, 4) is 21.4 Å². The summed E-state index contributed by atoms with van der Waals surface area (Å²) in [6.07, 6.45) is 1.16. The highest BCUT2D eigenvalue weighted by Gasteiger charge is 2.23. The third-order valence-electron chi connectivity index (χ3n) is 4.69. The summed E-state index contributed by atoms with van der Waals surface area (Å²) in [5.41, 5.74) is 3.17. The summed E-state index contributed by atoms with van der Waals surface area (Å²) < 4.78 is 10.8. The second-order valence-corrected chi connectivity index (χ2v) is 8.15. The van der Waals surface area contributed by atoms with E-state index in [9.17, 15) is 4.79 Å². The molecule has 0 atom stereocenters. The van der Waals surface area contributed by atoms with Gasteiger partial charge in [0.2, 0.25) is 5.91 Å². The number of methoxy groups -OCH3 is 2. The smallest absolute Gasteiger partial charge is 0.228 e. The molecule has 4 rings (SSSR count). The third-order valence-corrected chi connectivity index (χ3v) is 6.62. The van der Waals surface area contributed by atoms with Gasteiger partial charge in [-0.3, -0.25) is 4.79 Å². The van der Waals surface area contributed by atoms with Crippen LogP contribution < -0.4 is 9.47 Å². The summed E-state index contributed by atoms with van der Waals surface area (Å²) in [7, 11) is 3.27. The molecule has 140 valence electrons. The molecule has 0 radical (unpaired) electrons. The van der Waals surface area contributed by atoms with Crippen molar-refractivity contribution >= 4 is 28.6 Å². The Bertz CT molecular complexity index is 950. The largest absolute Gasteiger partial charge is 0.493 e. The lowest BCUT2D eigenvalue weighted by molar-refractivity contribution is -0.131. The van der Waals surface area contributed by atoms with Gasteiger partial charge >= 0.3 is 0 Å². The zero-order valence-corrected chi connectivity index (χ0v) is 16.9. The third kappa shape index (κ3) is 3.70. The number of benzene rings is 1. The maximum atomic E-state index is 12.8. The fourth-order valence-corrected chi connectivity index (χ4v) is 4.90. The first-order chi connectivity index (χ1) is 13.2. The number of fused-ring (bicyclic) bond motifs is 1. The lowest BCUT2D eigenvalue weighted by Gasteiger charge is -2.29. The van der Waals surface area contributed by atoms with Crippen LogP contribution in [0.15, 0.2) is 35.0 Å². The first-order valence-corrected chi connectivity index (χ1v) is 10.4. The Kier molecular flexibility index (Phi) is 5.13. The predicted octanol–water partition coefficient (Wildman–Crippen LogP) is 4.02. The summed E-state index contributed by atoms with van der Waals surface area (Å²) in [6.45, 7) is 1.31. The van der Waals surface area contributed by atoms with E-state index in [4.69, 9.17) is 9.47 Å². The minimum Gasteiger partial charge on any atom is -0.493 e. The average Bonchev–Trinajstić information content (AvgIpc) is 3.38. The van der Waals surface area contributed by atoms with Crippen molar-refractivity contribution in [1.82, 2.24) is 9.88 Å². The number of thiophene rings is 1. The number of rotatable bonds is 5. The van der Waals surface area contributed by atoms with E-state index in [0.29, 0.717) is 25.3 Å². The zero-order valence-electron chi connectivity index (χ0n) is 15.2. The molecule has 7 heteroatoms. The molecular formula is C20H20N2O3S2. The summed E-state index contributed by atoms with van der Waals surface area (Å²) in [5, 5.41) is 5.00. The molecule has 0 saturated heterocycles. The van der Waals surface area contributed by atoms with Crippen LogP contribution in [0.2, 0.25) is 0 Å². The van der Waals surface area contributed by atoms with E-state index in [1.807, 2.05) is 33.9 Å². The highest BCUT2D eigenvalue weighted by molar-refractivity contribution is 7.20. The SMILES string of the molecule is COc1cc2c(cc1OC)CN(C(=O)Cc1csc(-c3cccs3)n1)CC2. The van der Waals surface area contributed by atoms with Gasteiger partial charge in [-0.25, -0.2) is 4.98 Å². The quantitative estimate of drug-likeness (QED) is 0.649. The van der Waals surface area contributed by atoms with Crippen LogP contribution in [0.5, 0.6) is 11.5 Å². The van der Waals surface area contributed by atoms with Crippen LogP contribution in [0.4, 0.5) is 0 Å². The van der Waals surface area contributed by atoms with Crippen LogP contribution >= 0.6 is 22.7 Å². The molecule has 1 aliphatic heterocycles. The van der Waals surface area contributed by atoms with Crippen LogP contribution in [0, 0.1) is 0 Å². The highest BCUT2D eigenvalue weighted by Crippen LogP contribution is 2.33. The average molecular weight is 401 g/mol. The molecule has 1 aromatic carbocycles. The van der Waals surface area contributed by atoms with Crippen molar-refractivity contribution < 1.29 is 14.3 Å². The van der Waals surface area contributed by atoms with Crippen molar-refractivity contribution in [3.63, 3.8) is 0 Å². The van der Waals surface area contributed by atoms with Gasteiger partial charge in [-0.15, -0.1) is 22.7 Å². The van der Waals surface area contributed by atoms with Gasteiger partial charge in [0.05, 0.1) is 31.2 Å². The van der Waals surface area contributed by atoms with Crippen LogP contribution in [-0.2, 0) is 24.2 Å². The summed E-state index contributed by atoms with van der Waals surface area (Å²) in [4.78, 5) is 20.5. The second-order valence-electron chi connectivity index (χ2n) is 6.34. The Balaban J connectivity index is 1.46. The number of carbonyl (C=O) groups is 1. The van der Waals surface area contributed by atoms with Gasteiger partial charge < -0.3 is 14.4 Å². The van der Waals surface area contributed by atoms with Gasteiger partial charge in [0, 0.05) is 18.5 Å². The summed E-state index contributed by atoms with van der Waals surface area (Å²) in [5.74, 6) is 1.55. The molecule has 1 amide bonds. The summed E-state index contributed by atoms with van der Waals surface area (Å²) >= 11 is 3.26. The molecule has 0 aliphatic carbocycles. The first-order valence-electron chi connectivity index (χ1n) is 8.67. The lowest BCUT2D eigenvalue weighted by Crippen LogP contribution is -2.37. The molecule has 3 aromatic rings. The molecule has 0 fully saturated rings. The Hall–Kier alpha value is -2.38. The minimum atomic E-state index is 0.110. The molecule has 0 bridgehead atoms. The first kappa shape index (κ1) is 18.0. The van der Waals surface area contributed by atoms with Gasteiger partial charge in [0.25, 0.3) is 0 Å². The van der Waals surface area contributed by atoms with E-state index >= 15 is 0 Å². The Labute approximate surface area is 166 Å². The van der Waals surface area contributed by atoms with Crippen LogP contribution in [0.25, 0.3) is 9.88 Å². The van der Waals surface area contributed by atoms with Crippen LogP contribution in [0.1, 0.15) is 16.8 Å². The molecule has 0 saturated carbocycles. The number of thiazole rings is 1. The monoisotopic (exact) mass is 400 g/mol. The van der Waals surface area contributed by atoms with E-state index in [0.717, 1.165) is 33.3 Å². The van der Waals surface area contributed by atoms with E-state index in [1.54, 1.807) is 36.9 Å². The van der Waals surface area contributed by atoms with E-state index in [1.165, 1.54) is 5.56 Å². The molecule has 0 spiro atoms. The van der Waals surface area contributed by atoms with Crippen molar-refractivity contribution in [2.45, 2.75) is 19.4 Å². The Morgan fingerprint density at radius 3 is 2.67 bits per heavy atom. The number of nitrogens with zero attached hydrogens (tertiary/aromatic N) is 2. The zero-order chi connectivity index (χ0) is 18.8. The number of amides is 1. The molecule has 0 N–H and O–H groups in total. The molecule has 1 aliphatic rings. The van der Waals surface area contributed by atoms with Gasteiger partial charge in [-0.1, -0.05) is 6.07 Å². The Morgan fingerprint density at radius 2 is 1.96 bits per heavy atom. The topological polar surface area (TPSA) is 51.7 Å². The standard InChI is InChI=1S/C20H20N2O3S2/c1-24-16-8-13-5-6-22(11-14(13)9-17(16)25-2)19(23)10-15-12-27-20(21-15)18-4-3-7-26-18/h3-4,7-9,12H,5-6,10-11H2,1-2H3. The number of hydrogen-bond acceptors (Lipinski definition) is 6. The van der Waals surface area contributed by atoms with E-state index in [2.05, 4.69) is 11.1 Å². The van der Waals surface area contributed by atoms with Crippen LogP contribution in [0.3, 0.4) is 0 Å². The molecule has 3 heterocycles. The van der Waals surface area contributed by atoms with Crippen LogP contribution in [-0.4, -0.2) is 36.6 Å². The maximum Gasteiger partial charge on any atom is 0.228 e. The van der Waals surface area contributed by atoms with Gasteiger partial charge in [0.15, 0.2) is 11.5 Å². The molecule has 27 heavy (non-hydrogen) atoms. The lowest BCUT2D eigenvalue weighted by atomic mass is 9.98. The minimum absolute atomic E-state index is 0.110. The highest BCUT2D eigenvalue weighted by atomic mass is 32.1. The van der Waals surface area contributed by atoms with E-state index in [-0.39, 0.29) is 5.91 Å². The van der Waals surface area contributed by atoms with Crippen molar-refractivity contribution in [2.24, 2.45) is 0 Å². The van der Waals surface area contributed by atoms with Gasteiger partial charge in [0.1, 0.15) is 5.01 Å². The van der Waals surface area contributed by atoms with Gasteiger partial charge in [-0.2, -0.15) is 0 Å². The fourth-order valence-electron chi connectivity index (χ4n) is 3.26. The van der Waals surface area contributed by atoms with Crippen molar-refractivity contribution in [2.75, 3.05) is 20.8 Å². The number of aromatic nitrogens is 1. The predicted molar refractivity (Wildman–Crippen MR) is 108 cm³/mol. The maximum absolute atomic E-state index is 12.8. The number of hydrogen-bond donors (Lipinski definition) is 0.